The minimum atomic E-state index is -0.263. The van der Waals surface area contributed by atoms with Gasteiger partial charge in [-0.25, -0.2) is 0 Å². The van der Waals surface area contributed by atoms with Gasteiger partial charge < -0.3 is 4.42 Å². The van der Waals surface area contributed by atoms with E-state index in [1.165, 1.54) is 0 Å². The number of rotatable bonds is 3. The summed E-state index contributed by atoms with van der Waals surface area (Å²) in [4.78, 5) is 0. The molecule has 0 aliphatic carbocycles. The van der Waals surface area contributed by atoms with Crippen LogP contribution >= 0.6 is 0 Å². The van der Waals surface area contributed by atoms with Gasteiger partial charge in [0.1, 0.15) is 231 Å². The van der Waals surface area contributed by atoms with Crippen LogP contribution in [0.4, 0.5) is 0 Å². The fourth-order valence-corrected chi connectivity index (χ4v) is 10.7. The third-order valence-corrected chi connectivity index (χ3v) is 14.7. The van der Waals surface area contributed by atoms with E-state index in [-0.39, 0.29) is 251 Å². The second-order valence-electron chi connectivity index (χ2n) is 18.3. The Morgan fingerprint density at radius 3 is 0.720 bits per heavy atom. The Hall–Kier alpha value is -4.36. The van der Waals surface area contributed by atoms with Gasteiger partial charge in [-0.1, -0.05) is 87.4 Å². The van der Waals surface area contributed by atoms with Crippen LogP contribution in [0.5, 0.6) is 0 Å². The van der Waals surface area contributed by atoms with Gasteiger partial charge in [-0.05, 0) is 71.1 Å². The van der Waals surface area contributed by atoms with Crippen LogP contribution in [0.2, 0.25) is 0 Å². The van der Waals surface area contributed by atoms with Gasteiger partial charge in [0.25, 0.3) is 0 Å². The second-order valence-corrected chi connectivity index (χ2v) is 18.3. The summed E-state index contributed by atoms with van der Waals surface area (Å²) in [5, 5.41) is 0.0242. The lowest BCUT2D eigenvalue weighted by Gasteiger charge is -2.33. The highest BCUT2D eigenvalue weighted by Gasteiger charge is 2.33. The molecule has 0 N–H and O–H groups in total. The minimum absolute atomic E-state index is 0.0284. The van der Waals surface area contributed by atoms with E-state index in [1.807, 2.05) is 0 Å². The van der Waals surface area contributed by atoms with E-state index in [4.69, 9.17) is 224 Å². The Bertz CT molecular complexity index is 4330. The molecule has 1 nitrogen and oxygen atoms in total. The Labute approximate surface area is 472 Å². The Kier molecular flexibility index (Phi) is 13.0. The van der Waals surface area contributed by atoms with E-state index in [0.29, 0.717) is 0 Å². The predicted octanol–water partition coefficient (Wildman–Crippen LogP) is -20.6. The van der Waals surface area contributed by atoms with Crippen LogP contribution < -0.4 is 153 Å². The number of furan rings is 1. The zero-order valence-electron chi connectivity index (χ0n) is 39.6. The quantitative estimate of drug-likeness (QED) is 0.127. The van der Waals surface area contributed by atoms with Gasteiger partial charge in [-0.2, -0.15) is 0 Å². The van der Waals surface area contributed by atoms with Gasteiger partial charge in [0.05, 0.1) is 0 Å². The van der Waals surface area contributed by atoms with Crippen LogP contribution in [0.25, 0.3) is 98.4 Å². The molecule has 0 saturated heterocycles. The van der Waals surface area contributed by atoms with Gasteiger partial charge in [0, 0.05) is 16.2 Å². The summed E-state index contributed by atoms with van der Waals surface area (Å²) in [7, 11) is 191. The van der Waals surface area contributed by atoms with Gasteiger partial charge in [0.2, 0.25) is 0 Å². The first-order chi connectivity index (χ1) is 35.0. The molecule has 0 aliphatic rings. The van der Waals surface area contributed by atoms with E-state index in [9.17, 15) is 0 Å². The first-order valence-electron chi connectivity index (χ1n) is 22.0. The normalized spacial score (nSPS) is 11.9. The minimum Gasteiger partial charge on any atom is -0.456 e. The van der Waals surface area contributed by atoms with E-state index in [2.05, 4.69) is 0 Å². The van der Waals surface area contributed by atoms with Crippen molar-refractivity contribution in [1.82, 2.24) is 0 Å². The highest BCUT2D eigenvalue weighted by atomic mass is 16.3. The highest BCUT2D eigenvalue weighted by molar-refractivity contribution is 6.78. The maximum Gasteiger partial charge on any atom is 0.141 e. The van der Waals surface area contributed by atoms with Crippen molar-refractivity contribution in [3.05, 3.63) is 0 Å². The van der Waals surface area contributed by atoms with Crippen molar-refractivity contribution in [2.45, 2.75) is 0 Å². The second kappa shape index (κ2) is 18.1. The van der Waals surface area contributed by atoms with Crippen LogP contribution in [0, 0.1) is 0 Å². The fourth-order valence-electron chi connectivity index (χ4n) is 10.7. The zero-order valence-corrected chi connectivity index (χ0v) is 39.6. The van der Waals surface area contributed by atoms with Gasteiger partial charge in [-0.15, -0.1) is 65.6 Å². The third kappa shape index (κ3) is 6.85. The summed E-state index contributed by atoms with van der Waals surface area (Å²) in [5.41, 5.74) is -5.58. The molecule has 0 aliphatic heterocycles. The zero-order chi connectivity index (χ0) is 55.3. The van der Waals surface area contributed by atoms with Crippen LogP contribution in [0.3, 0.4) is 0 Å². The monoisotopic (exact) mass is 876 g/mol. The van der Waals surface area contributed by atoms with E-state index >= 15 is 0 Å². The van der Waals surface area contributed by atoms with Crippen molar-refractivity contribution in [1.29, 1.82) is 0 Å². The lowest BCUT2D eigenvalue weighted by Crippen LogP contribution is -2.56. The number of fused-ring (bicyclic) bond motifs is 8. The van der Waals surface area contributed by atoms with Crippen LogP contribution in [-0.2, 0) is 0 Å². The van der Waals surface area contributed by atoms with Crippen LogP contribution in [0.15, 0.2) is 4.42 Å². The average molecular weight is 871 g/mol. The summed E-state index contributed by atoms with van der Waals surface area (Å²) < 4.78 is 6.64. The van der Waals surface area contributed by atoms with Gasteiger partial charge in [-0.3, -0.25) is 0 Å². The molecule has 1 aromatic heterocycles. The molecule has 0 unspecified atom stereocenters. The molecule has 0 bridgehead atoms. The summed E-state index contributed by atoms with van der Waals surface area (Å²) in [6.07, 6.45) is 0. The lowest BCUT2D eigenvalue weighted by molar-refractivity contribution is 0.676. The van der Waals surface area contributed by atoms with Crippen LogP contribution in [-0.4, -0.2) is 220 Å². The van der Waals surface area contributed by atoms with E-state index < -0.39 is 0 Å². The molecular formula is C46B28O. The van der Waals surface area contributed by atoms with Crippen molar-refractivity contribution in [3.63, 3.8) is 0 Å². The molecule has 274 valence electrons. The van der Waals surface area contributed by atoms with Gasteiger partial charge >= 0.3 is 0 Å². The number of hydrogen-bond acceptors (Lipinski definition) is 1. The molecule has 29 heteroatoms. The largest absolute Gasteiger partial charge is 0.456 e. The maximum atomic E-state index is 7.49. The highest BCUT2D eigenvalue weighted by Crippen LogP contribution is 2.45. The van der Waals surface area contributed by atoms with Crippen LogP contribution in [0.1, 0.15) is 0 Å². The maximum absolute atomic E-state index is 7.49. The number of hydrogen-bond donors (Lipinski definition) is 0. The summed E-state index contributed by atoms with van der Waals surface area (Å²) in [5.74, 6) is 0. The molecule has 0 amide bonds. The topological polar surface area (TPSA) is 13.1 Å². The lowest BCUT2D eigenvalue weighted by atomic mass is 9.55. The summed E-state index contributed by atoms with van der Waals surface area (Å²) in [6, 6.07) is 0. The molecule has 0 saturated carbocycles. The molecule has 0 spiro atoms. The molecule has 0 fully saturated rings. The predicted molar refractivity (Wildman–Crippen MR) is 351 cm³/mol. The van der Waals surface area contributed by atoms with Gasteiger partial charge in [0.15, 0.2) is 0 Å². The summed E-state index contributed by atoms with van der Waals surface area (Å²) >= 11 is 0. The molecule has 0 atom stereocenters. The van der Waals surface area contributed by atoms with Crippen molar-refractivity contribution in [2.75, 3.05) is 0 Å². The standard InChI is InChI=1S/C46B28O/c47-17-3(9-11(26(56)37(67)36(66)24(9)54)18(48)12(17)13-27(57)39(69)43(73)40(70)28(13)58)1-4-6(21(51)34(64)32(62)19(4)49)2(7-5(1)20(50)33(63)35(65)22(7)52)8-10-15-30(60)25(55)14-16(31(61)41(71)38(68)29(14)59)45(15)75-46(10)44(74)42(72)23(8)53. The summed E-state index contributed by atoms with van der Waals surface area (Å²) in [6.45, 7) is 0. The first-order valence-corrected chi connectivity index (χ1v) is 22.0. The third-order valence-electron chi connectivity index (χ3n) is 14.7. The molecule has 1 heterocycles. The van der Waals surface area contributed by atoms with E-state index in [0.717, 1.165) is 0 Å². The first kappa shape index (κ1) is 54.0. The Morgan fingerprint density at radius 1 is 0.120 bits per heavy atom. The van der Waals surface area contributed by atoms with Crippen molar-refractivity contribution in [2.24, 2.45) is 0 Å². The molecular weight excluding hydrogens is 871 g/mol. The molecule has 9 aromatic carbocycles. The SMILES string of the molecule is [B]c1c([B])c([B])c(-c2c([B])c(-c3c4c([B])c([B])c([B])c([B])c4c(-c4c([B])c([B])c([B])c5oc6c7c([B])c([B])c([B])c([B])c7c([B])c([B])c6c45)c4c([B])c([B])c([B])c([B])c34)c3c([B])c([B])c([B])c([B])c3c2[B])c([B])c1[B]. The molecule has 10 aromatic rings. The van der Waals surface area contributed by atoms with Crippen molar-refractivity contribution < 1.29 is 4.42 Å². The van der Waals surface area contributed by atoms with Crippen molar-refractivity contribution in [3.8, 4) is 33.4 Å². The smallest absolute Gasteiger partial charge is 0.141 e. The van der Waals surface area contributed by atoms with Crippen molar-refractivity contribution >= 4 is 438 Å². The Balaban J connectivity index is 1.60. The number of benzene rings is 9. The van der Waals surface area contributed by atoms with E-state index in [1.54, 1.807) is 0 Å². The molecule has 56 radical (unpaired) electrons. The Morgan fingerprint density at radius 2 is 0.333 bits per heavy atom. The molecule has 75 heavy (non-hydrogen) atoms. The molecule has 10 rings (SSSR count). The average Bonchev–Trinajstić information content (AvgIpc) is 3.78. The fraction of sp³-hybridized carbons (Fsp3) is 0.